The molecule has 0 bridgehead atoms. The van der Waals surface area contributed by atoms with E-state index in [1.165, 1.54) is 5.57 Å². The number of pyridine rings is 1. The number of halogens is 2. The van der Waals surface area contributed by atoms with Crippen LogP contribution in [0.15, 0.2) is 76.8 Å². The Morgan fingerprint density at radius 3 is 2.83 bits per heavy atom. The highest BCUT2D eigenvalue weighted by Gasteiger charge is 2.44. The van der Waals surface area contributed by atoms with Crippen molar-refractivity contribution in [2.24, 2.45) is 0 Å². The fraction of sp³-hybridized carbons (Fsp3) is 0.345. The number of allylic oxidation sites excluding steroid dienone is 3. The Hall–Kier alpha value is -2.18. The van der Waals surface area contributed by atoms with Gasteiger partial charge in [-0.15, -0.1) is 0 Å². The molecule has 4 nitrogen and oxygen atoms in total. The van der Waals surface area contributed by atoms with Gasteiger partial charge >= 0.3 is 0 Å². The van der Waals surface area contributed by atoms with E-state index in [1.54, 1.807) is 7.11 Å². The molecule has 1 saturated heterocycles. The molecule has 1 fully saturated rings. The lowest BCUT2D eigenvalue weighted by molar-refractivity contribution is -0.0190. The zero-order chi connectivity index (χ0) is 25.0. The molecule has 6 heteroatoms. The predicted octanol–water partition coefficient (Wildman–Crippen LogP) is 7.19. The van der Waals surface area contributed by atoms with E-state index in [-0.39, 0.29) is 12.0 Å². The first-order valence-electron chi connectivity index (χ1n) is 12.0. The molecule has 3 aromatic rings. The Bertz CT molecular complexity index is 1260. The van der Waals surface area contributed by atoms with Gasteiger partial charge in [0.25, 0.3) is 0 Å². The summed E-state index contributed by atoms with van der Waals surface area (Å²) in [7, 11) is 1.64. The minimum Gasteiger partial charge on any atom is -0.481 e. The van der Waals surface area contributed by atoms with Crippen molar-refractivity contribution in [3.63, 3.8) is 0 Å². The van der Waals surface area contributed by atoms with Crippen LogP contribution in [0.2, 0.25) is 5.02 Å². The molecule has 0 radical (unpaired) electrons. The van der Waals surface area contributed by atoms with Crippen molar-refractivity contribution in [1.82, 2.24) is 10.3 Å². The van der Waals surface area contributed by atoms with Crippen LogP contribution in [0, 0.1) is 0 Å². The van der Waals surface area contributed by atoms with Gasteiger partial charge in [-0.05, 0) is 81.6 Å². The fourth-order valence-corrected chi connectivity index (χ4v) is 5.84. The van der Waals surface area contributed by atoms with Crippen molar-refractivity contribution in [2.45, 2.75) is 50.7 Å². The number of hydrogen-bond acceptors (Lipinski definition) is 4. The summed E-state index contributed by atoms with van der Waals surface area (Å²) in [6.07, 6.45) is 8.39. The molecular weight excluding hydrogens is 524 g/mol. The monoisotopic (exact) mass is 554 g/mol. The van der Waals surface area contributed by atoms with Gasteiger partial charge < -0.3 is 15.2 Å². The molecule has 3 unspecified atom stereocenters. The van der Waals surface area contributed by atoms with Crippen molar-refractivity contribution < 1.29 is 9.84 Å². The van der Waals surface area contributed by atoms with E-state index >= 15 is 0 Å². The van der Waals surface area contributed by atoms with Gasteiger partial charge in [0.15, 0.2) is 0 Å². The Kier molecular flexibility index (Phi) is 8.33. The summed E-state index contributed by atoms with van der Waals surface area (Å²) in [6, 6.07) is 16.0. The average Bonchev–Trinajstić information content (AvgIpc) is 2.83. The van der Waals surface area contributed by atoms with Gasteiger partial charge in [0.1, 0.15) is 0 Å². The second kappa shape index (κ2) is 11.3. The number of aliphatic hydroxyl groups is 1. The van der Waals surface area contributed by atoms with Crippen molar-refractivity contribution in [3.05, 3.63) is 93.0 Å². The van der Waals surface area contributed by atoms with E-state index in [4.69, 9.17) is 21.3 Å². The van der Waals surface area contributed by atoms with E-state index in [0.717, 1.165) is 39.5 Å². The highest BCUT2D eigenvalue weighted by molar-refractivity contribution is 9.10. The van der Waals surface area contributed by atoms with Crippen LogP contribution in [0.4, 0.5) is 0 Å². The Labute approximate surface area is 221 Å². The van der Waals surface area contributed by atoms with Crippen LogP contribution in [0.5, 0.6) is 5.88 Å². The molecule has 1 aromatic heterocycles. The minimum atomic E-state index is -1.01. The van der Waals surface area contributed by atoms with E-state index in [9.17, 15) is 5.11 Å². The molecule has 1 aliphatic heterocycles. The van der Waals surface area contributed by atoms with Gasteiger partial charge in [-0.2, -0.15) is 0 Å². The van der Waals surface area contributed by atoms with Crippen LogP contribution < -0.4 is 10.1 Å². The maximum absolute atomic E-state index is 12.3. The summed E-state index contributed by atoms with van der Waals surface area (Å²) < 4.78 is 6.77. The number of methoxy groups -OCH3 is 1. The van der Waals surface area contributed by atoms with E-state index in [1.807, 2.05) is 49.4 Å². The summed E-state index contributed by atoms with van der Waals surface area (Å²) in [6.45, 7) is 4.81. The third-order valence-corrected chi connectivity index (χ3v) is 7.55. The number of benzene rings is 2. The van der Waals surface area contributed by atoms with E-state index in [0.29, 0.717) is 23.7 Å². The molecule has 0 spiro atoms. The predicted molar refractivity (Wildman–Crippen MR) is 148 cm³/mol. The van der Waals surface area contributed by atoms with Crippen molar-refractivity contribution in [1.29, 1.82) is 0 Å². The largest absolute Gasteiger partial charge is 0.481 e. The quantitative estimate of drug-likeness (QED) is 0.303. The standard InChI is InChI=1S/C29H32BrClN2O2/c1-4-7-19(5-2)14-24-18-29(34,12-13-32-24)27(20-8-6-9-23(31)16-20)25-17-21-15-22(30)10-11-26(21)33-28(25)35-3/h4-11,15-17,24,27,32,34H,12-14,18H2,1-3H3. The number of nitrogens with zero attached hydrogens (tertiary/aromatic N) is 1. The Morgan fingerprint density at radius 2 is 2.11 bits per heavy atom. The normalized spacial score (nSPS) is 22.0. The van der Waals surface area contributed by atoms with Gasteiger partial charge in [0.2, 0.25) is 5.88 Å². The Balaban J connectivity index is 1.84. The summed E-state index contributed by atoms with van der Waals surface area (Å²) in [5, 5.41) is 17.6. The average molecular weight is 556 g/mol. The highest BCUT2D eigenvalue weighted by atomic mass is 79.9. The zero-order valence-electron chi connectivity index (χ0n) is 20.4. The lowest BCUT2D eigenvalue weighted by atomic mass is 9.70. The van der Waals surface area contributed by atoms with Crippen molar-refractivity contribution >= 4 is 38.4 Å². The molecule has 4 rings (SSSR count). The topological polar surface area (TPSA) is 54.4 Å². The third-order valence-electron chi connectivity index (χ3n) is 6.82. The van der Waals surface area contributed by atoms with Crippen molar-refractivity contribution in [3.8, 4) is 5.88 Å². The van der Waals surface area contributed by atoms with Crippen LogP contribution >= 0.6 is 27.5 Å². The molecular formula is C29H32BrClN2O2. The first-order chi connectivity index (χ1) is 16.9. The number of nitrogens with one attached hydrogen (secondary N) is 1. The molecule has 3 atom stereocenters. The van der Waals surface area contributed by atoms with Crippen LogP contribution in [-0.2, 0) is 0 Å². The Morgan fingerprint density at radius 1 is 1.29 bits per heavy atom. The summed E-state index contributed by atoms with van der Waals surface area (Å²) >= 11 is 10.0. The van der Waals surface area contributed by atoms with Gasteiger partial charge in [-0.25, -0.2) is 4.98 Å². The molecule has 35 heavy (non-hydrogen) atoms. The lowest BCUT2D eigenvalue weighted by Crippen LogP contribution is -2.51. The molecule has 2 aromatic carbocycles. The van der Waals surface area contributed by atoms with Gasteiger partial charge in [0, 0.05) is 32.4 Å². The first-order valence-corrected chi connectivity index (χ1v) is 13.2. The number of rotatable bonds is 7. The molecule has 0 amide bonds. The SMILES string of the molecule is CC=CC(=CC)CC1CC(O)(C(c2cccc(Cl)c2)c2cc3cc(Br)ccc3nc2OC)CCN1. The van der Waals surface area contributed by atoms with Crippen molar-refractivity contribution in [2.75, 3.05) is 13.7 Å². The number of fused-ring (bicyclic) bond motifs is 1. The van der Waals surface area contributed by atoms with Gasteiger partial charge in [0.05, 0.1) is 18.2 Å². The fourth-order valence-electron chi connectivity index (χ4n) is 5.26. The van der Waals surface area contributed by atoms with Crippen LogP contribution in [0.1, 0.15) is 50.2 Å². The number of piperidine rings is 1. The minimum absolute atomic E-state index is 0.145. The summed E-state index contributed by atoms with van der Waals surface area (Å²) in [5.74, 6) is 0.170. The molecule has 184 valence electrons. The zero-order valence-corrected chi connectivity index (χ0v) is 22.7. The maximum atomic E-state index is 12.3. The third kappa shape index (κ3) is 5.80. The van der Waals surface area contributed by atoms with Gasteiger partial charge in [-0.1, -0.05) is 63.5 Å². The molecule has 2 N–H and O–H groups in total. The summed E-state index contributed by atoms with van der Waals surface area (Å²) in [4.78, 5) is 4.81. The molecule has 1 aliphatic rings. The second-order valence-corrected chi connectivity index (χ2v) is 10.5. The highest BCUT2D eigenvalue weighted by Crippen LogP contribution is 2.46. The smallest absolute Gasteiger partial charge is 0.217 e. The number of aromatic nitrogens is 1. The molecule has 0 saturated carbocycles. The van der Waals surface area contributed by atoms with Crippen LogP contribution in [0.3, 0.4) is 0 Å². The summed E-state index contributed by atoms with van der Waals surface area (Å²) in [5.41, 5.74) is 2.91. The first kappa shape index (κ1) is 25.9. The van der Waals surface area contributed by atoms with E-state index in [2.05, 4.69) is 52.5 Å². The molecule has 2 heterocycles. The number of ether oxygens (including phenoxy) is 1. The van der Waals surface area contributed by atoms with Crippen LogP contribution in [0.25, 0.3) is 10.9 Å². The lowest BCUT2D eigenvalue weighted by Gasteiger charge is -2.43. The second-order valence-electron chi connectivity index (χ2n) is 9.19. The van der Waals surface area contributed by atoms with Gasteiger partial charge in [-0.3, -0.25) is 0 Å². The maximum Gasteiger partial charge on any atom is 0.217 e. The van der Waals surface area contributed by atoms with E-state index < -0.39 is 5.60 Å². The van der Waals surface area contributed by atoms with Crippen LogP contribution in [-0.4, -0.2) is 35.4 Å². The number of hydrogen-bond donors (Lipinski definition) is 2. The molecule has 0 aliphatic carbocycles.